The molecule has 2 rings (SSSR count). The minimum Gasteiger partial charge on any atom is -0.399 e. The average molecular weight is 195 g/mol. The highest BCUT2D eigenvalue weighted by atomic mass is 19.1. The molecule has 5 heteroatoms. The fourth-order valence-corrected chi connectivity index (χ4v) is 1.26. The summed E-state index contributed by atoms with van der Waals surface area (Å²) < 4.78 is 26.6. The third kappa shape index (κ3) is 1.32. The number of aromatic nitrogens is 2. The number of anilines is 1. The molecule has 72 valence electrons. The molecule has 0 aliphatic carbocycles. The van der Waals surface area contributed by atoms with Crippen molar-refractivity contribution in [3.8, 4) is 11.1 Å². The van der Waals surface area contributed by atoms with Gasteiger partial charge in [0.05, 0.1) is 11.8 Å². The molecule has 0 fully saturated rings. The summed E-state index contributed by atoms with van der Waals surface area (Å²) in [7, 11) is 0. The predicted octanol–water partition coefficient (Wildman–Crippen LogP) is 1.94. The Bertz CT molecular complexity index is 428. The molecule has 2 aromatic rings. The number of H-pyrrole nitrogens is 1. The maximum Gasteiger partial charge on any atom is 0.136 e. The zero-order chi connectivity index (χ0) is 10.1. The van der Waals surface area contributed by atoms with Gasteiger partial charge in [-0.15, -0.1) is 0 Å². The SMILES string of the molecule is Nc1cc(F)c(-c2cn[nH]c2)c(F)c1. The molecule has 14 heavy (non-hydrogen) atoms. The molecule has 1 heterocycles. The van der Waals surface area contributed by atoms with Crippen molar-refractivity contribution < 1.29 is 8.78 Å². The van der Waals surface area contributed by atoms with Crippen molar-refractivity contribution in [3.05, 3.63) is 36.2 Å². The number of nitrogens with one attached hydrogen (secondary N) is 1. The molecule has 1 aromatic heterocycles. The minimum absolute atomic E-state index is 0.0623. The number of rotatable bonds is 1. The van der Waals surface area contributed by atoms with Gasteiger partial charge in [-0.2, -0.15) is 5.10 Å². The Morgan fingerprint density at radius 3 is 2.36 bits per heavy atom. The highest BCUT2D eigenvalue weighted by molar-refractivity contribution is 5.65. The maximum atomic E-state index is 13.3. The fraction of sp³-hybridized carbons (Fsp3) is 0. The Kier molecular flexibility index (Phi) is 1.92. The van der Waals surface area contributed by atoms with Crippen LogP contribution in [0.4, 0.5) is 14.5 Å². The molecule has 0 aliphatic rings. The smallest absolute Gasteiger partial charge is 0.136 e. The van der Waals surface area contributed by atoms with Gasteiger partial charge in [-0.25, -0.2) is 8.78 Å². The van der Waals surface area contributed by atoms with Gasteiger partial charge in [0.15, 0.2) is 0 Å². The van der Waals surface area contributed by atoms with E-state index in [2.05, 4.69) is 10.2 Å². The number of hydrogen-bond acceptors (Lipinski definition) is 2. The Labute approximate surface area is 78.6 Å². The van der Waals surface area contributed by atoms with Crippen molar-refractivity contribution in [1.29, 1.82) is 0 Å². The van der Waals surface area contributed by atoms with Gasteiger partial charge in [-0.3, -0.25) is 5.10 Å². The zero-order valence-electron chi connectivity index (χ0n) is 7.09. The third-order valence-electron chi connectivity index (χ3n) is 1.85. The van der Waals surface area contributed by atoms with Gasteiger partial charge in [0.2, 0.25) is 0 Å². The van der Waals surface area contributed by atoms with Gasteiger partial charge >= 0.3 is 0 Å². The Morgan fingerprint density at radius 2 is 1.86 bits per heavy atom. The second kappa shape index (κ2) is 3.10. The van der Waals surface area contributed by atoms with Gasteiger partial charge in [-0.05, 0) is 12.1 Å². The van der Waals surface area contributed by atoms with Crippen LogP contribution in [0.25, 0.3) is 11.1 Å². The van der Waals surface area contributed by atoms with Crippen LogP contribution in [0.15, 0.2) is 24.5 Å². The normalized spacial score (nSPS) is 10.4. The quantitative estimate of drug-likeness (QED) is 0.683. The zero-order valence-corrected chi connectivity index (χ0v) is 7.09. The number of aromatic amines is 1. The van der Waals surface area contributed by atoms with Gasteiger partial charge < -0.3 is 5.73 Å². The van der Waals surface area contributed by atoms with Crippen LogP contribution in [0, 0.1) is 11.6 Å². The molecule has 0 atom stereocenters. The van der Waals surface area contributed by atoms with Crippen molar-refractivity contribution in [2.24, 2.45) is 0 Å². The topological polar surface area (TPSA) is 54.7 Å². The first-order valence-corrected chi connectivity index (χ1v) is 3.92. The van der Waals surface area contributed by atoms with E-state index in [1.165, 1.54) is 12.4 Å². The fourth-order valence-electron chi connectivity index (χ4n) is 1.26. The van der Waals surface area contributed by atoms with Crippen molar-refractivity contribution in [2.75, 3.05) is 5.73 Å². The van der Waals surface area contributed by atoms with E-state index in [9.17, 15) is 8.78 Å². The van der Waals surface area contributed by atoms with E-state index < -0.39 is 11.6 Å². The van der Waals surface area contributed by atoms with E-state index >= 15 is 0 Å². The number of benzene rings is 1. The van der Waals surface area contributed by atoms with E-state index in [0.29, 0.717) is 5.56 Å². The highest BCUT2D eigenvalue weighted by Crippen LogP contribution is 2.26. The average Bonchev–Trinajstić information content (AvgIpc) is 2.54. The predicted molar refractivity (Wildman–Crippen MR) is 48.4 cm³/mol. The van der Waals surface area contributed by atoms with E-state index in [-0.39, 0.29) is 11.3 Å². The summed E-state index contributed by atoms with van der Waals surface area (Å²) in [6, 6.07) is 2.15. The second-order valence-corrected chi connectivity index (χ2v) is 2.85. The van der Waals surface area contributed by atoms with Crippen molar-refractivity contribution in [3.63, 3.8) is 0 Å². The van der Waals surface area contributed by atoms with E-state index in [0.717, 1.165) is 12.1 Å². The highest BCUT2D eigenvalue weighted by Gasteiger charge is 2.12. The summed E-state index contributed by atoms with van der Waals surface area (Å²) >= 11 is 0. The lowest BCUT2D eigenvalue weighted by atomic mass is 10.1. The largest absolute Gasteiger partial charge is 0.399 e. The van der Waals surface area contributed by atoms with Crippen molar-refractivity contribution in [1.82, 2.24) is 10.2 Å². The van der Waals surface area contributed by atoms with Gasteiger partial charge in [-0.1, -0.05) is 0 Å². The number of nitrogens with two attached hydrogens (primary N) is 1. The van der Waals surface area contributed by atoms with E-state index in [1.54, 1.807) is 0 Å². The molecule has 0 radical (unpaired) electrons. The lowest BCUT2D eigenvalue weighted by Crippen LogP contribution is -1.93. The molecule has 3 nitrogen and oxygen atoms in total. The first kappa shape index (κ1) is 8.68. The number of halogens is 2. The lowest BCUT2D eigenvalue weighted by Gasteiger charge is -2.02. The maximum absolute atomic E-state index is 13.3. The van der Waals surface area contributed by atoms with Gasteiger partial charge in [0.25, 0.3) is 0 Å². The van der Waals surface area contributed by atoms with Crippen molar-refractivity contribution >= 4 is 5.69 Å². The summed E-state index contributed by atoms with van der Waals surface area (Å²) in [4.78, 5) is 0. The van der Waals surface area contributed by atoms with Crippen LogP contribution in [0.1, 0.15) is 0 Å². The van der Waals surface area contributed by atoms with E-state index in [1.807, 2.05) is 0 Å². The molecular weight excluding hydrogens is 188 g/mol. The van der Waals surface area contributed by atoms with Crippen LogP contribution in [-0.2, 0) is 0 Å². The van der Waals surface area contributed by atoms with Gasteiger partial charge in [0.1, 0.15) is 11.6 Å². The third-order valence-corrected chi connectivity index (χ3v) is 1.85. The standard InChI is InChI=1S/C9H7F2N3/c10-7-1-6(12)2-8(11)9(7)5-3-13-14-4-5/h1-4H,12H2,(H,13,14). The van der Waals surface area contributed by atoms with Crippen LogP contribution < -0.4 is 5.73 Å². The van der Waals surface area contributed by atoms with Crippen LogP contribution >= 0.6 is 0 Å². The second-order valence-electron chi connectivity index (χ2n) is 2.85. The summed E-state index contributed by atoms with van der Waals surface area (Å²) in [5, 5.41) is 6.10. The molecule has 0 saturated heterocycles. The molecule has 0 unspecified atom stereocenters. The molecule has 0 spiro atoms. The van der Waals surface area contributed by atoms with Crippen molar-refractivity contribution in [2.45, 2.75) is 0 Å². The molecule has 0 saturated carbocycles. The monoisotopic (exact) mass is 195 g/mol. The molecule has 3 N–H and O–H groups in total. The van der Waals surface area contributed by atoms with Crippen LogP contribution in [-0.4, -0.2) is 10.2 Å². The Balaban J connectivity index is 2.64. The molecular formula is C9H7F2N3. The number of nitrogen functional groups attached to an aromatic ring is 1. The summed E-state index contributed by atoms with van der Waals surface area (Å²) in [5.74, 6) is -1.38. The first-order chi connectivity index (χ1) is 6.68. The van der Waals surface area contributed by atoms with Gasteiger partial charge in [0, 0.05) is 17.4 Å². The van der Waals surface area contributed by atoms with Crippen LogP contribution in [0.2, 0.25) is 0 Å². The first-order valence-electron chi connectivity index (χ1n) is 3.92. The molecule has 0 aliphatic heterocycles. The number of hydrogen-bond donors (Lipinski definition) is 2. The van der Waals surface area contributed by atoms with E-state index in [4.69, 9.17) is 5.73 Å². The lowest BCUT2D eigenvalue weighted by molar-refractivity contribution is 0.591. The van der Waals surface area contributed by atoms with Crippen LogP contribution in [0.3, 0.4) is 0 Å². The minimum atomic E-state index is -0.691. The van der Waals surface area contributed by atoms with Crippen LogP contribution in [0.5, 0.6) is 0 Å². The summed E-state index contributed by atoms with van der Waals surface area (Å²) in [6.45, 7) is 0. The summed E-state index contributed by atoms with van der Waals surface area (Å²) in [6.07, 6.45) is 2.76. The molecule has 1 aromatic carbocycles. The summed E-state index contributed by atoms with van der Waals surface area (Å²) in [5.41, 5.74) is 5.58. The molecule has 0 amide bonds. The molecule has 0 bridgehead atoms. The Morgan fingerprint density at radius 1 is 1.21 bits per heavy atom. The Hall–Kier alpha value is -1.91. The number of nitrogens with zero attached hydrogens (tertiary/aromatic N) is 1.